The maximum atomic E-state index is 14.0. The molecular weight excluding hydrogens is 387 g/mol. The average Bonchev–Trinajstić information content (AvgIpc) is 3.03. The summed E-state index contributed by atoms with van der Waals surface area (Å²) in [5.41, 5.74) is 0.400. The number of aromatic nitrogens is 3. The van der Waals surface area contributed by atoms with Crippen LogP contribution in [0.15, 0.2) is 42.7 Å². The van der Waals surface area contributed by atoms with Gasteiger partial charge in [-0.2, -0.15) is 13.2 Å². The number of hydrogen-bond acceptors (Lipinski definition) is 4. The number of hydrogen-bond donors (Lipinski definition) is 1. The van der Waals surface area contributed by atoms with Gasteiger partial charge in [-0.15, -0.1) is 5.10 Å². The molecule has 0 saturated heterocycles. The molecule has 28 heavy (non-hydrogen) atoms. The monoisotopic (exact) mass is 398 g/mol. The lowest BCUT2D eigenvalue weighted by molar-refractivity contribution is -0.153. The molecule has 0 unspecified atom stereocenters. The summed E-state index contributed by atoms with van der Waals surface area (Å²) < 4.78 is 70.3. The Morgan fingerprint density at radius 1 is 1.07 bits per heavy atom. The molecule has 11 heteroatoms. The van der Waals surface area contributed by atoms with Gasteiger partial charge in [-0.05, 0) is 12.1 Å². The van der Waals surface area contributed by atoms with Crippen LogP contribution >= 0.6 is 0 Å². The number of nitrogens with zero attached hydrogens (tertiary/aromatic N) is 3. The average molecular weight is 398 g/mol. The van der Waals surface area contributed by atoms with Crippen LogP contribution in [0.5, 0.6) is 5.75 Å². The number of carbonyl (C=O) groups excluding carboxylic acids is 1. The van der Waals surface area contributed by atoms with Crippen LogP contribution in [0.4, 0.5) is 27.8 Å². The Hall–Kier alpha value is -3.50. The quantitative estimate of drug-likeness (QED) is 0.508. The van der Waals surface area contributed by atoms with E-state index in [1.165, 1.54) is 18.3 Å². The van der Waals surface area contributed by atoms with Crippen molar-refractivity contribution in [3.63, 3.8) is 0 Å². The second-order valence-electron chi connectivity index (χ2n) is 5.53. The molecule has 2 heterocycles. The molecule has 146 valence electrons. The Bertz CT molecular complexity index is 1000. The second-order valence-corrected chi connectivity index (χ2v) is 5.53. The summed E-state index contributed by atoms with van der Waals surface area (Å²) in [5.74, 6) is -1.83. The van der Waals surface area contributed by atoms with E-state index >= 15 is 0 Å². The molecule has 1 amide bonds. The largest absolute Gasteiger partial charge is 0.484 e. The van der Waals surface area contributed by atoms with Gasteiger partial charge in [0.2, 0.25) is 6.41 Å². The first-order chi connectivity index (χ1) is 13.2. The van der Waals surface area contributed by atoms with Crippen LogP contribution in [-0.2, 0) is 4.79 Å². The van der Waals surface area contributed by atoms with Crippen molar-refractivity contribution in [1.82, 2.24) is 14.8 Å². The summed E-state index contributed by atoms with van der Waals surface area (Å²) in [6, 6.07) is 5.42. The summed E-state index contributed by atoms with van der Waals surface area (Å²) in [6.07, 6.45) is -2.01. The third-order valence-electron chi connectivity index (χ3n) is 3.42. The molecule has 6 nitrogen and oxygen atoms in total. The topological polar surface area (TPSA) is 69.0 Å². The van der Waals surface area contributed by atoms with Crippen molar-refractivity contribution in [2.45, 2.75) is 6.18 Å². The normalized spacial score (nSPS) is 11.3. The highest BCUT2D eigenvalue weighted by Crippen LogP contribution is 2.30. The summed E-state index contributed by atoms with van der Waals surface area (Å²) in [6.45, 7) is -1.60. The van der Waals surface area contributed by atoms with Crippen molar-refractivity contribution >= 4 is 12.2 Å². The minimum absolute atomic E-state index is 0.0521. The van der Waals surface area contributed by atoms with Crippen molar-refractivity contribution in [3.8, 4) is 22.7 Å². The van der Waals surface area contributed by atoms with Gasteiger partial charge in [0, 0.05) is 23.8 Å². The zero-order valence-electron chi connectivity index (χ0n) is 13.9. The van der Waals surface area contributed by atoms with Gasteiger partial charge in [0.25, 0.3) is 0 Å². The summed E-state index contributed by atoms with van der Waals surface area (Å²) in [5, 5.41) is 6.35. The Morgan fingerprint density at radius 3 is 2.54 bits per heavy atom. The molecule has 0 saturated carbocycles. The van der Waals surface area contributed by atoms with Crippen molar-refractivity contribution in [1.29, 1.82) is 0 Å². The van der Waals surface area contributed by atoms with Gasteiger partial charge < -0.3 is 10.1 Å². The number of pyridine rings is 1. The summed E-state index contributed by atoms with van der Waals surface area (Å²) in [7, 11) is 0. The number of carbonyl (C=O) groups is 1. The fourth-order valence-electron chi connectivity index (χ4n) is 2.39. The highest BCUT2D eigenvalue weighted by molar-refractivity contribution is 5.74. The third-order valence-corrected chi connectivity index (χ3v) is 3.42. The molecule has 0 spiro atoms. The molecule has 1 aromatic carbocycles. The first-order valence-corrected chi connectivity index (χ1v) is 7.67. The van der Waals surface area contributed by atoms with E-state index in [1.54, 1.807) is 0 Å². The number of amides is 1. The number of halogens is 5. The Balaban J connectivity index is 2.07. The lowest BCUT2D eigenvalue weighted by Crippen LogP contribution is -2.19. The third kappa shape index (κ3) is 4.61. The summed E-state index contributed by atoms with van der Waals surface area (Å²) >= 11 is 0. The van der Waals surface area contributed by atoms with E-state index in [0.29, 0.717) is 6.41 Å². The molecule has 3 rings (SSSR count). The molecule has 0 atom stereocenters. The van der Waals surface area contributed by atoms with Crippen LogP contribution in [0.1, 0.15) is 0 Å². The van der Waals surface area contributed by atoms with Gasteiger partial charge in [-0.25, -0.2) is 13.5 Å². The number of benzene rings is 1. The van der Waals surface area contributed by atoms with Crippen LogP contribution in [-0.4, -0.2) is 34.0 Å². The van der Waals surface area contributed by atoms with E-state index in [9.17, 15) is 26.7 Å². The number of rotatable bonds is 6. The number of alkyl halides is 3. The molecule has 0 aliphatic rings. The molecule has 0 aliphatic carbocycles. The van der Waals surface area contributed by atoms with Crippen LogP contribution in [0.3, 0.4) is 0 Å². The predicted octanol–water partition coefficient (Wildman–Crippen LogP) is 3.72. The lowest BCUT2D eigenvalue weighted by Gasteiger charge is -2.12. The van der Waals surface area contributed by atoms with E-state index in [-0.39, 0.29) is 28.5 Å². The molecule has 0 aliphatic heterocycles. The van der Waals surface area contributed by atoms with Crippen LogP contribution < -0.4 is 10.1 Å². The molecule has 3 aromatic rings. The minimum Gasteiger partial charge on any atom is -0.484 e. The maximum Gasteiger partial charge on any atom is 0.422 e. The van der Waals surface area contributed by atoms with Crippen LogP contribution in [0.25, 0.3) is 16.9 Å². The van der Waals surface area contributed by atoms with E-state index in [4.69, 9.17) is 0 Å². The second kappa shape index (κ2) is 7.62. The number of anilines is 1. The van der Waals surface area contributed by atoms with Crippen LogP contribution in [0.2, 0.25) is 0 Å². The number of nitrogens with one attached hydrogen (secondary N) is 1. The van der Waals surface area contributed by atoms with Gasteiger partial charge >= 0.3 is 6.18 Å². The first kappa shape index (κ1) is 19.3. The first-order valence-electron chi connectivity index (χ1n) is 7.67. The smallest absolute Gasteiger partial charge is 0.422 e. The molecule has 0 fully saturated rings. The van der Waals surface area contributed by atoms with Gasteiger partial charge in [0.1, 0.15) is 17.4 Å². The highest BCUT2D eigenvalue weighted by Gasteiger charge is 2.28. The van der Waals surface area contributed by atoms with Crippen molar-refractivity contribution in [3.05, 3.63) is 54.4 Å². The van der Waals surface area contributed by atoms with E-state index in [1.807, 2.05) is 0 Å². The fourth-order valence-corrected chi connectivity index (χ4v) is 2.39. The zero-order valence-corrected chi connectivity index (χ0v) is 13.9. The van der Waals surface area contributed by atoms with E-state index < -0.39 is 24.4 Å². The van der Waals surface area contributed by atoms with Gasteiger partial charge in [-0.1, -0.05) is 0 Å². The van der Waals surface area contributed by atoms with Gasteiger partial charge in [0.05, 0.1) is 23.8 Å². The Labute approximate surface area is 154 Å². The van der Waals surface area contributed by atoms with Crippen molar-refractivity contribution in [2.75, 3.05) is 11.9 Å². The molecule has 0 radical (unpaired) electrons. The van der Waals surface area contributed by atoms with Gasteiger partial charge in [-0.3, -0.25) is 9.78 Å². The fraction of sp³-hybridized carbons (Fsp3) is 0.118. The van der Waals surface area contributed by atoms with E-state index in [0.717, 1.165) is 29.1 Å². The molecule has 2 aromatic heterocycles. The van der Waals surface area contributed by atoms with Gasteiger partial charge in [0.15, 0.2) is 12.4 Å². The predicted molar refractivity (Wildman–Crippen MR) is 87.9 cm³/mol. The standard InChI is InChI=1S/C17H11F5N4O2/c18-11-1-10(2-14(4-11)28-8-17(20,21)22)15-5-16(24-9-27)25-26(15)13-3-12(19)6-23-7-13/h1-7,9H,8H2,(H,24,25,27). The highest BCUT2D eigenvalue weighted by atomic mass is 19.4. The lowest BCUT2D eigenvalue weighted by atomic mass is 10.1. The number of ether oxygens (including phenoxy) is 1. The maximum absolute atomic E-state index is 14.0. The van der Waals surface area contributed by atoms with Crippen LogP contribution in [0, 0.1) is 11.6 Å². The Kier molecular flexibility index (Phi) is 5.25. The van der Waals surface area contributed by atoms with Crippen molar-refractivity contribution in [2.24, 2.45) is 0 Å². The molecule has 0 bridgehead atoms. The Morgan fingerprint density at radius 2 is 1.86 bits per heavy atom. The molecular formula is C17H11F5N4O2. The zero-order chi connectivity index (χ0) is 20.3. The minimum atomic E-state index is -4.59. The summed E-state index contributed by atoms with van der Waals surface area (Å²) in [4.78, 5) is 14.4. The SMILES string of the molecule is O=CNc1cc(-c2cc(F)cc(OCC(F)(F)F)c2)n(-c2cncc(F)c2)n1. The van der Waals surface area contributed by atoms with E-state index in [2.05, 4.69) is 20.1 Å². The van der Waals surface area contributed by atoms with Crippen molar-refractivity contribution < 1.29 is 31.5 Å². The molecule has 1 N–H and O–H groups in total.